The minimum absolute atomic E-state index is 0.169. The van der Waals surface area contributed by atoms with Crippen LogP contribution in [-0.4, -0.2) is 39.0 Å². The molecule has 5 rings (SSSR count). The highest BCUT2D eigenvalue weighted by Gasteiger charge is 2.28. The van der Waals surface area contributed by atoms with Crippen LogP contribution in [0.15, 0.2) is 23.2 Å². The van der Waals surface area contributed by atoms with Gasteiger partial charge >= 0.3 is 5.97 Å². The smallest absolute Gasteiger partial charge is 0.341 e. The largest absolute Gasteiger partial charge is 0.462 e. The normalized spacial score (nSPS) is 14.4. The fourth-order valence-corrected chi connectivity index (χ4v) is 7.94. The van der Waals surface area contributed by atoms with E-state index in [9.17, 15) is 9.59 Å². The van der Waals surface area contributed by atoms with E-state index in [2.05, 4.69) is 27.5 Å². The summed E-state index contributed by atoms with van der Waals surface area (Å²) >= 11 is 4.64. The van der Waals surface area contributed by atoms with E-state index >= 15 is 0 Å². The van der Waals surface area contributed by atoms with Gasteiger partial charge in [0, 0.05) is 27.2 Å². The highest BCUT2D eigenvalue weighted by Crippen LogP contribution is 2.40. The Kier molecular flexibility index (Phi) is 7.40. The molecule has 1 N–H and O–H groups in total. The summed E-state index contributed by atoms with van der Waals surface area (Å²) in [6.45, 7) is 6.57. The molecule has 2 aliphatic carbocycles. The first-order chi connectivity index (χ1) is 17.1. The number of ether oxygens (including phenoxy) is 1. The molecule has 0 spiro atoms. The summed E-state index contributed by atoms with van der Waals surface area (Å²) in [4.78, 5) is 28.1. The molecular weight excluding hydrogens is 501 g/mol. The molecular formula is C25H28N4O3S3. The standard InChI is InChI=1S/C25H28N4O3S3/c1-3-12-29-22(17-13-33-18-10-6-5-8-15(17)18)27-28-25(29)34-14-20(30)26-23-21(24(31)32-4-2)16-9-7-11-19(16)35-23/h3,13H,1,4-12,14H2,2H3,(H,26,30). The number of thiophene rings is 2. The summed E-state index contributed by atoms with van der Waals surface area (Å²) in [5.41, 5.74) is 4.11. The number of anilines is 1. The third kappa shape index (κ3) is 4.83. The molecule has 3 aromatic heterocycles. The number of thioether (sulfide) groups is 1. The van der Waals surface area contributed by atoms with Crippen molar-refractivity contribution in [2.75, 3.05) is 17.7 Å². The fraction of sp³-hybridized carbons (Fsp3) is 0.440. The average Bonchev–Trinajstić information content (AvgIpc) is 3.61. The van der Waals surface area contributed by atoms with Gasteiger partial charge in [0.15, 0.2) is 11.0 Å². The zero-order valence-electron chi connectivity index (χ0n) is 19.7. The van der Waals surface area contributed by atoms with E-state index in [-0.39, 0.29) is 17.6 Å². The highest BCUT2D eigenvalue weighted by molar-refractivity contribution is 7.99. The van der Waals surface area contributed by atoms with Gasteiger partial charge in [-0.2, -0.15) is 0 Å². The van der Waals surface area contributed by atoms with Crippen molar-refractivity contribution < 1.29 is 14.3 Å². The average molecular weight is 529 g/mol. The molecule has 0 aromatic carbocycles. The number of nitrogens with zero attached hydrogens (tertiary/aromatic N) is 3. The van der Waals surface area contributed by atoms with Crippen LogP contribution in [0, 0.1) is 0 Å². The number of carbonyl (C=O) groups is 2. The van der Waals surface area contributed by atoms with Gasteiger partial charge in [-0.15, -0.1) is 39.4 Å². The fourth-order valence-electron chi connectivity index (χ4n) is 4.77. The first kappa shape index (κ1) is 24.3. The summed E-state index contributed by atoms with van der Waals surface area (Å²) in [5, 5.41) is 15.3. The topological polar surface area (TPSA) is 86.1 Å². The van der Waals surface area contributed by atoms with Crippen molar-refractivity contribution in [1.29, 1.82) is 0 Å². The second-order valence-corrected chi connectivity index (χ2v) is 11.6. The number of rotatable bonds is 9. The lowest BCUT2D eigenvalue weighted by atomic mass is 9.95. The molecule has 10 heteroatoms. The Bertz CT molecular complexity index is 1270. The van der Waals surface area contributed by atoms with Crippen LogP contribution in [0.3, 0.4) is 0 Å². The summed E-state index contributed by atoms with van der Waals surface area (Å²) in [6, 6.07) is 0. The number of hydrogen-bond donors (Lipinski definition) is 1. The molecule has 7 nitrogen and oxygen atoms in total. The van der Waals surface area contributed by atoms with Crippen molar-refractivity contribution in [1.82, 2.24) is 14.8 Å². The number of allylic oxidation sites excluding steroid dienone is 1. The van der Waals surface area contributed by atoms with Gasteiger partial charge in [-0.1, -0.05) is 17.8 Å². The minimum atomic E-state index is -0.357. The van der Waals surface area contributed by atoms with E-state index in [0.29, 0.717) is 28.9 Å². The Morgan fingerprint density at radius 1 is 1.17 bits per heavy atom. The molecule has 0 saturated carbocycles. The van der Waals surface area contributed by atoms with E-state index in [4.69, 9.17) is 4.74 Å². The maximum atomic E-state index is 12.9. The summed E-state index contributed by atoms with van der Waals surface area (Å²) in [6.07, 6.45) is 9.31. The lowest BCUT2D eigenvalue weighted by Crippen LogP contribution is -2.17. The van der Waals surface area contributed by atoms with Crippen molar-refractivity contribution in [3.05, 3.63) is 44.5 Å². The molecule has 0 saturated heterocycles. The van der Waals surface area contributed by atoms with Crippen LogP contribution in [0.1, 0.15) is 57.4 Å². The van der Waals surface area contributed by atoms with Crippen LogP contribution < -0.4 is 5.32 Å². The maximum Gasteiger partial charge on any atom is 0.341 e. The van der Waals surface area contributed by atoms with Gasteiger partial charge in [-0.3, -0.25) is 9.36 Å². The third-order valence-electron chi connectivity index (χ3n) is 6.32. The quantitative estimate of drug-likeness (QED) is 0.223. The van der Waals surface area contributed by atoms with E-state index in [1.807, 2.05) is 10.6 Å². The second-order valence-electron chi connectivity index (χ2n) is 8.58. The van der Waals surface area contributed by atoms with Gasteiger partial charge in [-0.05, 0) is 63.0 Å². The molecule has 35 heavy (non-hydrogen) atoms. The van der Waals surface area contributed by atoms with Crippen molar-refractivity contribution in [2.45, 2.75) is 63.6 Å². The molecule has 0 aliphatic heterocycles. The van der Waals surface area contributed by atoms with E-state index < -0.39 is 0 Å². The molecule has 3 aromatic rings. The second kappa shape index (κ2) is 10.7. The summed E-state index contributed by atoms with van der Waals surface area (Å²) < 4.78 is 7.30. The molecule has 2 aliphatic rings. The van der Waals surface area contributed by atoms with Crippen LogP contribution >= 0.6 is 34.4 Å². The number of hydrogen-bond acceptors (Lipinski definition) is 8. The minimum Gasteiger partial charge on any atom is -0.462 e. The van der Waals surface area contributed by atoms with Crippen LogP contribution in [-0.2, 0) is 41.8 Å². The maximum absolute atomic E-state index is 12.9. The Morgan fingerprint density at radius 2 is 1.97 bits per heavy atom. The van der Waals surface area contributed by atoms with Gasteiger partial charge in [0.2, 0.25) is 5.91 Å². The zero-order valence-corrected chi connectivity index (χ0v) is 22.2. The van der Waals surface area contributed by atoms with E-state index in [1.54, 1.807) is 18.3 Å². The van der Waals surface area contributed by atoms with Crippen LogP contribution in [0.5, 0.6) is 0 Å². The van der Waals surface area contributed by atoms with Gasteiger partial charge in [0.1, 0.15) is 5.00 Å². The Hall–Kier alpha value is -2.43. The predicted octanol–water partition coefficient (Wildman–Crippen LogP) is 5.53. The molecule has 0 atom stereocenters. The Balaban J connectivity index is 1.32. The lowest BCUT2D eigenvalue weighted by Gasteiger charge is -2.13. The van der Waals surface area contributed by atoms with Gasteiger partial charge in [0.25, 0.3) is 0 Å². The van der Waals surface area contributed by atoms with Gasteiger partial charge in [-0.25, -0.2) is 4.79 Å². The Labute approximate surface area is 217 Å². The van der Waals surface area contributed by atoms with Crippen molar-refractivity contribution in [3.63, 3.8) is 0 Å². The number of esters is 1. The highest BCUT2D eigenvalue weighted by atomic mass is 32.2. The number of fused-ring (bicyclic) bond motifs is 2. The zero-order chi connectivity index (χ0) is 24.4. The molecule has 0 fully saturated rings. The molecule has 184 valence electrons. The summed E-state index contributed by atoms with van der Waals surface area (Å²) in [5.74, 6) is 0.473. The van der Waals surface area contributed by atoms with E-state index in [1.165, 1.54) is 51.3 Å². The Morgan fingerprint density at radius 3 is 2.80 bits per heavy atom. The number of aryl methyl sites for hydroxylation is 2. The number of amides is 1. The SMILES string of the molecule is C=CCn1c(SCC(=O)Nc2sc3c(c2C(=O)OCC)CCC3)nnc1-c1csc2c1CCCC2. The first-order valence-electron chi connectivity index (χ1n) is 12.0. The van der Waals surface area contributed by atoms with E-state index in [0.717, 1.165) is 49.1 Å². The van der Waals surface area contributed by atoms with Crippen molar-refractivity contribution >= 4 is 51.3 Å². The summed E-state index contributed by atoms with van der Waals surface area (Å²) in [7, 11) is 0. The molecule has 0 radical (unpaired) electrons. The predicted molar refractivity (Wildman–Crippen MR) is 142 cm³/mol. The monoisotopic (exact) mass is 528 g/mol. The molecule has 1 amide bonds. The third-order valence-corrected chi connectivity index (χ3v) is 9.58. The number of nitrogens with one attached hydrogen (secondary N) is 1. The van der Waals surface area contributed by atoms with Crippen LogP contribution in [0.25, 0.3) is 11.4 Å². The van der Waals surface area contributed by atoms with Gasteiger partial charge < -0.3 is 10.1 Å². The van der Waals surface area contributed by atoms with Crippen molar-refractivity contribution in [2.24, 2.45) is 0 Å². The first-order valence-corrected chi connectivity index (χ1v) is 14.7. The van der Waals surface area contributed by atoms with Gasteiger partial charge in [0.05, 0.1) is 17.9 Å². The molecule has 0 unspecified atom stereocenters. The number of aromatic nitrogens is 3. The van der Waals surface area contributed by atoms with Crippen LogP contribution in [0.2, 0.25) is 0 Å². The van der Waals surface area contributed by atoms with Crippen LogP contribution in [0.4, 0.5) is 5.00 Å². The molecule has 3 heterocycles. The van der Waals surface area contributed by atoms with Crippen molar-refractivity contribution in [3.8, 4) is 11.4 Å². The number of carbonyl (C=O) groups excluding carboxylic acids is 2. The lowest BCUT2D eigenvalue weighted by molar-refractivity contribution is -0.113. The molecule has 0 bridgehead atoms.